The maximum absolute atomic E-state index is 12.1. The number of carbonyl (C=O) groups excluding carboxylic acids is 1. The molecular formula is C29H38O4S. The lowest BCUT2D eigenvalue weighted by atomic mass is 9.66. The van der Waals surface area contributed by atoms with Crippen LogP contribution in [0.1, 0.15) is 70.5 Å². The van der Waals surface area contributed by atoms with E-state index < -0.39 is 0 Å². The van der Waals surface area contributed by atoms with Crippen molar-refractivity contribution >= 4 is 18.4 Å². The van der Waals surface area contributed by atoms with Crippen LogP contribution >= 0.6 is 12.6 Å². The summed E-state index contributed by atoms with van der Waals surface area (Å²) in [5.74, 6) is 8.97. The Hall–Kier alpha value is -2.00. The smallest absolute Gasteiger partial charge is 0.156 e. The molecule has 1 N–H and O–H groups in total. The van der Waals surface area contributed by atoms with Crippen molar-refractivity contribution in [3.05, 3.63) is 52.6 Å². The van der Waals surface area contributed by atoms with E-state index in [2.05, 4.69) is 43.5 Å². The molecule has 34 heavy (non-hydrogen) atoms. The number of carbonyl (C=O) groups is 1. The number of aliphatic hydroxyl groups is 1. The SMILES string of the molecule is CC#CCCCC1C2CCC3=CC(=O)CCC3=C2[C@H](c2ccc(OC)cc2)OC[C@H]1C.OCS. The molecule has 1 aromatic carbocycles. The lowest BCUT2D eigenvalue weighted by Crippen LogP contribution is -2.28. The molecule has 0 bridgehead atoms. The van der Waals surface area contributed by atoms with Crippen molar-refractivity contribution in [1.82, 2.24) is 0 Å². The summed E-state index contributed by atoms with van der Waals surface area (Å²) in [5, 5.41) is 7.43. The number of rotatable bonds is 5. The number of hydrogen-bond acceptors (Lipinski definition) is 5. The normalized spacial score (nSPS) is 26.0. The molecule has 4 nitrogen and oxygen atoms in total. The second-order valence-corrected chi connectivity index (χ2v) is 9.59. The van der Waals surface area contributed by atoms with Gasteiger partial charge < -0.3 is 14.6 Å². The van der Waals surface area contributed by atoms with Crippen molar-refractivity contribution in [3.8, 4) is 17.6 Å². The van der Waals surface area contributed by atoms with Gasteiger partial charge in [0.2, 0.25) is 0 Å². The van der Waals surface area contributed by atoms with Crippen LogP contribution in [0.5, 0.6) is 5.75 Å². The minimum absolute atomic E-state index is 0.0364. The summed E-state index contributed by atoms with van der Waals surface area (Å²) in [5.41, 5.74) is 5.31. The quantitative estimate of drug-likeness (QED) is 0.231. The predicted octanol–water partition coefficient (Wildman–Crippen LogP) is 6.07. The number of ketones is 1. The summed E-state index contributed by atoms with van der Waals surface area (Å²) >= 11 is 3.34. The zero-order valence-electron chi connectivity index (χ0n) is 20.7. The van der Waals surface area contributed by atoms with E-state index in [1.807, 2.05) is 25.1 Å². The van der Waals surface area contributed by atoms with E-state index in [0.29, 0.717) is 24.2 Å². The third-order valence-corrected chi connectivity index (χ3v) is 7.31. The van der Waals surface area contributed by atoms with Crippen molar-refractivity contribution < 1.29 is 19.4 Å². The van der Waals surface area contributed by atoms with Crippen LogP contribution in [0.2, 0.25) is 0 Å². The van der Waals surface area contributed by atoms with E-state index in [1.54, 1.807) is 7.11 Å². The first-order chi connectivity index (χ1) is 16.5. The van der Waals surface area contributed by atoms with E-state index in [1.165, 1.54) is 28.7 Å². The average molecular weight is 483 g/mol. The van der Waals surface area contributed by atoms with Crippen LogP contribution in [0, 0.1) is 29.6 Å². The second kappa shape index (κ2) is 13.2. The van der Waals surface area contributed by atoms with E-state index in [-0.39, 0.29) is 17.8 Å². The minimum atomic E-state index is -0.0556. The second-order valence-electron chi connectivity index (χ2n) is 9.30. The number of ether oxygens (including phenoxy) is 2. The lowest BCUT2D eigenvalue weighted by Gasteiger charge is -2.38. The molecule has 0 spiro atoms. The summed E-state index contributed by atoms with van der Waals surface area (Å²) in [6.07, 6.45) is 8.79. The Morgan fingerprint density at radius 2 is 1.94 bits per heavy atom. The number of aliphatic hydroxyl groups excluding tert-OH is 1. The Labute approximate surface area is 210 Å². The van der Waals surface area contributed by atoms with E-state index in [0.717, 1.165) is 44.5 Å². The molecule has 5 heteroatoms. The highest BCUT2D eigenvalue weighted by Gasteiger charge is 2.41. The number of thiol groups is 1. The third-order valence-electron chi connectivity index (χ3n) is 7.31. The summed E-state index contributed by atoms with van der Waals surface area (Å²) < 4.78 is 12.0. The molecule has 1 fully saturated rings. The number of fused-ring (bicyclic) bond motifs is 2. The lowest BCUT2D eigenvalue weighted by molar-refractivity contribution is -0.114. The highest BCUT2D eigenvalue weighted by molar-refractivity contribution is 7.80. The predicted molar refractivity (Wildman–Crippen MR) is 140 cm³/mol. The van der Waals surface area contributed by atoms with Gasteiger partial charge in [0.1, 0.15) is 11.9 Å². The topological polar surface area (TPSA) is 55.8 Å². The van der Waals surface area contributed by atoms with E-state index >= 15 is 0 Å². The molecule has 2 unspecified atom stereocenters. The van der Waals surface area contributed by atoms with Gasteiger partial charge >= 0.3 is 0 Å². The van der Waals surface area contributed by atoms with Gasteiger partial charge in [-0.3, -0.25) is 4.79 Å². The molecule has 184 valence electrons. The molecule has 4 atom stereocenters. The van der Waals surface area contributed by atoms with Gasteiger partial charge in [-0.2, -0.15) is 12.6 Å². The number of allylic oxidation sites excluding steroid dienone is 3. The van der Waals surface area contributed by atoms with Crippen molar-refractivity contribution in [2.75, 3.05) is 19.7 Å². The number of hydrogen-bond donors (Lipinski definition) is 2. The van der Waals surface area contributed by atoms with Crippen LogP contribution in [0.15, 0.2) is 47.1 Å². The van der Waals surface area contributed by atoms with Crippen LogP contribution in [0.3, 0.4) is 0 Å². The van der Waals surface area contributed by atoms with Gasteiger partial charge in [-0.15, -0.1) is 11.8 Å². The fraction of sp³-hybridized carbons (Fsp3) is 0.552. The molecule has 1 saturated heterocycles. The van der Waals surface area contributed by atoms with Gasteiger partial charge in [0, 0.05) is 12.8 Å². The molecule has 4 rings (SSSR count). The zero-order valence-corrected chi connectivity index (χ0v) is 21.6. The van der Waals surface area contributed by atoms with E-state index in [4.69, 9.17) is 14.6 Å². The monoisotopic (exact) mass is 482 g/mol. The largest absolute Gasteiger partial charge is 0.497 e. The molecule has 2 aliphatic carbocycles. The summed E-state index contributed by atoms with van der Waals surface area (Å²) in [6, 6.07) is 8.33. The Bertz CT molecular complexity index is 951. The molecule has 0 radical (unpaired) electrons. The Kier molecular flexibility index (Phi) is 10.3. The van der Waals surface area contributed by atoms with Crippen LogP contribution in [0.25, 0.3) is 0 Å². The number of benzene rings is 1. The van der Waals surface area contributed by atoms with Gasteiger partial charge in [0.25, 0.3) is 0 Å². The Morgan fingerprint density at radius 3 is 2.62 bits per heavy atom. The molecule has 1 aliphatic heterocycles. The fourth-order valence-electron chi connectivity index (χ4n) is 5.75. The van der Waals surface area contributed by atoms with Crippen LogP contribution < -0.4 is 4.74 Å². The highest BCUT2D eigenvalue weighted by atomic mass is 32.1. The van der Waals surface area contributed by atoms with Crippen molar-refractivity contribution in [3.63, 3.8) is 0 Å². The van der Waals surface area contributed by atoms with Crippen molar-refractivity contribution in [1.29, 1.82) is 0 Å². The van der Waals surface area contributed by atoms with E-state index in [9.17, 15) is 4.79 Å². The van der Waals surface area contributed by atoms with Crippen LogP contribution in [-0.4, -0.2) is 30.5 Å². The molecule has 0 aromatic heterocycles. The number of unbranched alkanes of at least 4 members (excludes halogenated alkanes) is 1. The first-order valence-corrected chi connectivity index (χ1v) is 13.0. The summed E-state index contributed by atoms with van der Waals surface area (Å²) in [6.45, 7) is 5.04. The van der Waals surface area contributed by atoms with Gasteiger partial charge in [0.05, 0.1) is 19.7 Å². The minimum Gasteiger partial charge on any atom is -0.497 e. The molecule has 1 heterocycles. The van der Waals surface area contributed by atoms with Crippen molar-refractivity contribution in [2.45, 2.75) is 64.9 Å². The van der Waals surface area contributed by atoms with Crippen molar-refractivity contribution in [2.24, 2.45) is 17.8 Å². The summed E-state index contributed by atoms with van der Waals surface area (Å²) in [4.78, 5) is 12.1. The maximum Gasteiger partial charge on any atom is 0.156 e. The molecular weight excluding hydrogens is 444 g/mol. The first-order valence-electron chi connectivity index (χ1n) is 12.4. The molecule has 3 aliphatic rings. The molecule has 0 amide bonds. The third kappa shape index (κ3) is 6.36. The van der Waals surface area contributed by atoms with Gasteiger partial charge in [-0.1, -0.05) is 19.1 Å². The fourth-order valence-corrected chi connectivity index (χ4v) is 5.75. The maximum atomic E-state index is 12.1. The highest BCUT2D eigenvalue weighted by Crippen LogP contribution is 2.52. The van der Waals surface area contributed by atoms with Gasteiger partial charge in [0.15, 0.2) is 5.78 Å². The summed E-state index contributed by atoms with van der Waals surface area (Å²) in [7, 11) is 1.70. The zero-order chi connectivity index (χ0) is 24.5. The van der Waals surface area contributed by atoms with Crippen LogP contribution in [-0.2, 0) is 9.53 Å². The Balaban J connectivity index is 0.00000103. The molecule has 1 aromatic rings. The standard InChI is InChI=1S/C28H34O3.CH4OS/c1-4-5-6-7-8-24-19(2)18-31-28(20-9-13-23(30-3)14-10-20)27-25-16-12-22(29)17-21(25)11-15-26(24)27;2-1-3/h9-10,13-14,17,19,24,26,28H,6-8,11-12,15-16,18H2,1-3H3;2-3H,1H2/t19-,24?,26?,28+;/m1./s1. The Morgan fingerprint density at radius 1 is 1.21 bits per heavy atom. The van der Waals surface area contributed by atoms with Gasteiger partial charge in [-0.05, 0) is 97.3 Å². The van der Waals surface area contributed by atoms with Gasteiger partial charge in [-0.25, -0.2) is 0 Å². The average Bonchev–Trinajstić information content (AvgIpc) is 2.98. The van der Waals surface area contributed by atoms with Crippen LogP contribution in [0.4, 0.5) is 0 Å². The number of methoxy groups -OCH3 is 1. The first kappa shape index (κ1) is 26.6. The molecule has 0 saturated carbocycles.